The maximum Gasteiger partial charge on any atom is 0.0797 e. The molecule has 0 radical (unpaired) electrons. The molecule has 96 valence electrons. The predicted molar refractivity (Wildman–Crippen MR) is 78.3 cm³/mol. The quantitative estimate of drug-likeness (QED) is 0.848. The minimum atomic E-state index is -1.06. The van der Waals surface area contributed by atoms with Crippen LogP contribution in [0.3, 0.4) is 0 Å². The summed E-state index contributed by atoms with van der Waals surface area (Å²) in [5, 5.41) is 0.923. The molecule has 0 saturated carbocycles. The zero-order valence-electron chi connectivity index (χ0n) is 9.65. The van der Waals surface area contributed by atoms with Crippen LogP contribution in [0.25, 0.3) is 0 Å². The summed E-state index contributed by atoms with van der Waals surface area (Å²) >= 11 is 13.3. The van der Waals surface area contributed by atoms with E-state index in [4.69, 9.17) is 23.2 Å². The molecule has 1 aromatic carbocycles. The molecule has 6 heteroatoms. The topological polar surface area (TPSA) is 30.0 Å². The molecular weight excluding hydrogens is 309 g/mol. The second kappa shape index (κ2) is 6.15. The summed E-state index contributed by atoms with van der Waals surface area (Å²) in [7, 11) is -1.06. The molecule has 0 aliphatic rings. The van der Waals surface area contributed by atoms with E-state index < -0.39 is 10.8 Å². The van der Waals surface area contributed by atoms with Gasteiger partial charge in [0.25, 0.3) is 0 Å². The number of hydrogen-bond acceptors (Lipinski definition) is 3. The van der Waals surface area contributed by atoms with Crippen LogP contribution in [0.15, 0.2) is 28.6 Å². The first kappa shape index (κ1) is 14.0. The van der Waals surface area contributed by atoms with E-state index in [2.05, 4.69) is 4.98 Å². The number of hydrogen-bond donors (Lipinski definition) is 0. The Morgan fingerprint density at radius 1 is 1.33 bits per heavy atom. The monoisotopic (exact) mass is 319 g/mol. The summed E-state index contributed by atoms with van der Waals surface area (Å²) in [4.78, 5) is 6.07. The van der Waals surface area contributed by atoms with Crippen molar-refractivity contribution in [1.82, 2.24) is 4.98 Å². The highest BCUT2D eigenvalue weighted by atomic mass is 35.5. The smallest absolute Gasteiger partial charge is 0.0797 e. The van der Waals surface area contributed by atoms with Crippen molar-refractivity contribution in [2.24, 2.45) is 0 Å². The number of aryl methyl sites for hydroxylation is 2. The molecule has 1 atom stereocenters. The van der Waals surface area contributed by atoms with Gasteiger partial charge in [-0.3, -0.25) is 4.21 Å². The summed E-state index contributed by atoms with van der Waals surface area (Å²) in [5.74, 6) is 0.570. The van der Waals surface area contributed by atoms with Crippen LogP contribution in [-0.2, 0) is 17.2 Å². The van der Waals surface area contributed by atoms with Crippen LogP contribution in [-0.4, -0.2) is 14.9 Å². The third-order valence-corrected chi connectivity index (χ3v) is 5.60. The average molecular weight is 320 g/mol. The Morgan fingerprint density at radius 2 is 2.11 bits per heavy atom. The lowest BCUT2D eigenvalue weighted by Crippen LogP contribution is -2.01. The van der Waals surface area contributed by atoms with E-state index in [1.807, 2.05) is 12.4 Å². The van der Waals surface area contributed by atoms with Crippen molar-refractivity contribution in [1.29, 1.82) is 0 Å². The van der Waals surface area contributed by atoms with Crippen LogP contribution in [0.5, 0.6) is 0 Å². The highest BCUT2D eigenvalue weighted by Gasteiger charge is 2.09. The van der Waals surface area contributed by atoms with Gasteiger partial charge < -0.3 is 0 Å². The van der Waals surface area contributed by atoms with Crippen molar-refractivity contribution < 1.29 is 4.21 Å². The third kappa shape index (κ3) is 3.32. The van der Waals surface area contributed by atoms with Gasteiger partial charge in [-0.25, -0.2) is 4.98 Å². The zero-order valence-corrected chi connectivity index (χ0v) is 12.8. The Kier molecular flexibility index (Phi) is 4.78. The largest absolute Gasteiger partial charge is 0.254 e. The van der Waals surface area contributed by atoms with Crippen molar-refractivity contribution in [2.45, 2.75) is 18.2 Å². The number of rotatable bonds is 4. The fourth-order valence-corrected chi connectivity index (χ4v) is 3.86. The maximum absolute atomic E-state index is 12.1. The van der Waals surface area contributed by atoms with Crippen LogP contribution in [0.4, 0.5) is 0 Å². The van der Waals surface area contributed by atoms with Crippen LogP contribution in [0.1, 0.15) is 10.6 Å². The lowest BCUT2D eigenvalue weighted by atomic mass is 10.3. The highest BCUT2D eigenvalue weighted by molar-refractivity contribution is 7.85. The summed E-state index contributed by atoms with van der Waals surface area (Å²) in [5.41, 5.74) is 2.83. The molecule has 0 saturated heterocycles. The van der Waals surface area contributed by atoms with Gasteiger partial charge in [0.1, 0.15) is 0 Å². The number of nitrogens with zero attached hydrogens (tertiary/aromatic N) is 1. The Hall–Kier alpha value is -0.420. The molecule has 0 bridgehead atoms. The SMILES string of the molecule is Cc1ncsc1CC[S@@](=O)c1ccc(Cl)c(Cl)c1. The molecule has 0 fully saturated rings. The van der Waals surface area contributed by atoms with Crippen LogP contribution in [0, 0.1) is 6.92 Å². The van der Waals surface area contributed by atoms with E-state index in [1.165, 1.54) is 4.88 Å². The number of benzene rings is 1. The van der Waals surface area contributed by atoms with E-state index in [0.717, 1.165) is 12.1 Å². The van der Waals surface area contributed by atoms with Crippen LogP contribution >= 0.6 is 34.5 Å². The number of halogens is 2. The minimum Gasteiger partial charge on any atom is -0.254 e. The highest BCUT2D eigenvalue weighted by Crippen LogP contribution is 2.24. The van der Waals surface area contributed by atoms with Gasteiger partial charge in [-0.1, -0.05) is 23.2 Å². The van der Waals surface area contributed by atoms with Crippen molar-refractivity contribution in [3.05, 3.63) is 44.3 Å². The summed E-state index contributed by atoms with van der Waals surface area (Å²) in [6, 6.07) is 5.10. The Bertz CT molecular complexity index is 583. The fraction of sp³-hybridized carbons (Fsp3) is 0.250. The molecule has 1 heterocycles. The standard InChI is InChI=1S/C12H11Cl2NOS2/c1-8-12(17-7-15-8)4-5-18(16)9-2-3-10(13)11(14)6-9/h2-3,6-7H,4-5H2,1H3/t18-/m1/s1. The Morgan fingerprint density at radius 3 is 2.72 bits per heavy atom. The van der Waals surface area contributed by atoms with Gasteiger partial charge in [0.2, 0.25) is 0 Å². The molecule has 0 aliphatic heterocycles. The van der Waals surface area contributed by atoms with Gasteiger partial charge in [0.05, 0.1) is 32.0 Å². The summed E-state index contributed by atoms with van der Waals surface area (Å²) < 4.78 is 12.1. The molecule has 0 unspecified atom stereocenters. The van der Waals surface area contributed by atoms with Gasteiger partial charge in [0, 0.05) is 15.5 Å². The van der Waals surface area contributed by atoms with Gasteiger partial charge in [0.15, 0.2) is 0 Å². The maximum atomic E-state index is 12.1. The van der Waals surface area contributed by atoms with Crippen molar-refractivity contribution in [3.8, 4) is 0 Å². The van der Waals surface area contributed by atoms with E-state index >= 15 is 0 Å². The number of aromatic nitrogens is 1. The lowest BCUT2D eigenvalue weighted by Gasteiger charge is -2.03. The van der Waals surface area contributed by atoms with Gasteiger partial charge in [-0.05, 0) is 31.5 Å². The van der Waals surface area contributed by atoms with Crippen molar-refractivity contribution >= 4 is 45.3 Å². The van der Waals surface area contributed by atoms with Gasteiger partial charge in [-0.2, -0.15) is 0 Å². The summed E-state index contributed by atoms with van der Waals surface area (Å²) in [6.07, 6.45) is 0.767. The van der Waals surface area contributed by atoms with Crippen LogP contribution < -0.4 is 0 Å². The lowest BCUT2D eigenvalue weighted by molar-refractivity contribution is 0.682. The first-order valence-corrected chi connectivity index (χ1v) is 8.26. The molecule has 18 heavy (non-hydrogen) atoms. The molecule has 0 spiro atoms. The predicted octanol–water partition coefficient (Wildman–Crippen LogP) is 4.11. The van der Waals surface area contributed by atoms with Gasteiger partial charge in [-0.15, -0.1) is 11.3 Å². The third-order valence-electron chi connectivity index (χ3n) is 2.51. The molecule has 2 rings (SSSR count). The van der Waals surface area contributed by atoms with E-state index in [9.17, 15) is 4.21 Å². The van der Waals surface area contributed by atoms with Crippen LogP contribution in [0.2, 0.25) is 10.0 Å². The molecule has 2 aromatic rings. The zero-order chi connectivity index (χ0) is 13.1. The first-order valence-electron chi connectivity index (χ1n) is 5.30. The average Bonchev–Trinajstić information content (AvgIpc) is 2.75. The molecular formula is C12H11Cl2NOS2. The molecule has 0 amide bonds. The molecule has 2 nitrogen and oxygen atoms in total. The second-order valence-corrected chi connectivity index (χ2v) is 7.06. The number of thiazole rings is 1. The Balaban J connectivity index is 2.04. The Labute approximate surface area is 122 Å². The minimum absolute atomic E-state index is 0.441. The van der Waals surface area contributed by atoms with E-state index in [-0.39, 0.29) is 0 Å². The summed E-state index contributed by atoms with van der Waals surface area (Å²) in [6.45, 7) is 1.97. The fourth-order valence-electron chi connectivity index (χ4n) is 1.49. The van der Waals surface area contributed by atoms with Crippen molar-refractivity contribution in [3.63, 3.8) is 0 Å². The van der Waals surface area contributed by atoms with E-state index in [1.54, 1.807) is 29.5 Å². The normalized spacial score (nSPS) is 12.6. The molecule has 0 N–H and O–H groups in total. The van der Waals surface area contributed by atoms with Gasteiger partial charge >= 0.3 is 0 Å². The second-order valence-electron chi connectivity index (χ2n) is 3.74. The molecule has 1 aromatic heterocycles. The van der Waals surface area contributed by atoms with Crippen molar-refractivity contribution in [2.75, 3.05) is 5.75 Å². The molecule has 0 aliphatic carbocycles. The van der Waals surface area contributed by atoms with E-state index in [0.29, 0.717) is 20.7 Å². The first-order chi connectivity index (χ1) is 8.58.